The summed E-state index contributed by atoms with van der Waals surface area (Å²) in [5, 5.41) is 9.48. The molecule has 0 saturated carbocycles. The van der Waals surface area contributed by atoms with E-state index in [9.17, 15) is 10.1 Å². The van der Waals surface area contributed by atoms with Gasteiger partial charge in [0.05, 0.1) is 5.69 Å². The summed E-state index contributed by atoms with van der Waals surface area (Å²) in [5.74, 6) is -0.723. The number of nitriles is 1. The van der Waals surface area contributed by atoms with E-state index in [1.165, 1.54) is 63.9 Å². The third-order valence-electron chi connectivity index (χ3n) is 6.52. The Kier molecular flexibility index (Phi) is 12.1. The number of allylic oxidation sites excluding steroid dienone is 4. The van der Waals surface area contributed by atoms with Gasteiger partial charge in [-0.15, -0.1) is 0 Å². The molecule has 1 aliphatic heterocycles. The van der Waals surface area contributed by atoms with E-state index in [0.29, 0.717) is 5.69 Å². The molecule has 2 aromatic carbocycles. The number of hydrogen-bond donors (Lipinski definition) is 1. The van der Waals surface area contributed by atoms with E-state index in [1.807, 2.05) is 42.5 Å². The van der Waals surface area contributed by atoms with Crippen LogP contribution in [0.25, 0.3) is 5.57 Å². The average Bonchev–Trinajstić information content (AvgIpc) is 2.94. The van der Waals surface area contributed by atoms with Crippen molar-refractivity contribution in [2.24, 2.45) is 0 Å². The summed E-state index contributed by atoms with van der Waals surface area (Å²) in [7, 11) is 0. The molecule has 194 valence electrons. The van der Waals surface area contributed by atoms with E-state index in [0.717, 1.165) is 29.8 Å². The molecule has 0 bridgehead atoms. The molecule has 37 heavy (non-hydrogen) atoms. The fourth-order valence-corrected chi connectivity index (χ4v) is 4.41. The van der Waals surface area contributed by atoms with Gasteiger partial charge >= 0.3 is 5.97 Å². The summed E-state index contributed by atoms with van der Waals surface area (Å²) < 4.78 is 0. The molecule has 0 saturated heterocycles. The maximum absolute atomic E-state index is 12.4. The Morgan fingerprint density at radius 3 is 2.27 bits per heavy atom. The fourth-order valence-electron chi connectivity index (χ4n) is 4.41. The molecule has 5 nitrogen and oxygen atoms in total. The third-order valence-corrected chi connectivity index (χ3v) is 6.52. The van der Waals surface area contributed by atoms with Crippen molar-refractivity contribution in [1.82, 2.24) is 0 Å². The zero-order chi connectivity index (χ0) is 26.1. The molecule has 3 rings (SSSR count). The number of unbranched alkanes of at least 4 members (excludes halogenated alkanes) is 9. The number of nitrogens with one attached hydrogen (secondary N) is 1. The minimum absolute atomic E-state index is 0.0744. The number of nitrogens with zero attached hydrogens (tertiary/aromatic N) is 2. The summed E-state index contributed by atoms with van der Waals surface area (Å²) in [6, 6.07) is 19.3. The maximum Gasteiger partial charge on any atom is 0.373 e. The van der Waals surface area contributed by atoms with Gasteiger partial charge in [0.1, 0.15) is 11.6 Å². The molecule has 0 amide bonds. The second kappa shape index (κ2) is 16.1. The van der Waals surface area contributed by atoms with Gasteiger partial charge in [-0.05, 0) is 42.3 Å². The molecule has 2 aromatic rings. The van der Waals surface area contributed by atoms with Gasteiger partial charge in [0.25, 0.3) is 0 Å². The van der Waals surface area contributed by atoms with E-state index in [2.05, 4.69) is 35.6 Å². The Bertz CT molecular complexity index is 1110. The highest BCUT2D eigenvalue weighted by atomic mass is 16.7. The Labute approximate surface area is 222 Å². The van der Waals surface area contributed by atoms with Gasteiger partial charge in [-0.25, -0.2) is 10.3 Å². The number of anilines is 2. The number of rotatable bonds is 15. The van der Waals surface area contributed by atoms with Crippen molar-refractivity contribution in [3.8, 4) is 6.07 Å². The van der Waals surface area contributed by atoms with Gasteiger partial charge in [0, 0.05) is 24.0 Å². The van der Waals surface area contributed by atoms with Crippen molar-refractivity contribution in [1.29, 1.82) is 5.26 Å². The fraction of sp³-hybridized carbons (Fsp3) is 0.375. The minimum Gasteiger partial charge on any atom is -0.347 e. The van der Waals surface area contributed by atoms with Crippen molar-refractivity contribution >= 4 is 22.9 Å². The Balaban J connectivity index is 1.52. The number of hydrogen-bond acceptors (Lipinski definition) is 5. The van der Waals surface area contributed by atoms with Crippen LogP contribution in [0.3, 0.4) is 0 Å². The molecular formula is C32H39N3O2. The van der Waals surface area contributed by atoms with E-state index in [4.69, 9.17) is 4.84 Å². The summed E-state index contributed by atoms with van der Waals surface area (Å²) in [5.41, 5.74) is 6.32. The molecule has 0 atom stereocenters. The summed E-state index contributed by atoms with van der Waals surface area (Å²) in [6.07, 6.45) is 20.7. The first-order valence-electron chi connectivity index (χ1n) is 13.6. The molecule has 1 N–H and O–H groups in total. The molecule has 0 unspecified atom stereocenters. The van der Waals surface area contributed by atoms with E-state index in [-0.39, 0.29) is 5.57 Å². The number of fused-ring (bicyclic) bond motifs is 1. The summed E-state index contributed by atoms with van der Waals surface area (Å²) in [6.45, 7) is 3.24. The lowest BCUT2D eigenvalue weighted by molar-refractivity contribution is -0.135. The molecule has 5 heteroatoms. The van der Waals surface area contributed by atoms with E-state index >= 15 is 0 Å². The Morgan fingerprint density at radius 2 is 1.57 bits per heavy atom. The highest BCUT2D eigenvalue weighted by molar-refractivity contribution is 5.94. The monoisotopic (exact) mass is 497 g/mol. The maximum atomic E-state index is 12.4. The van der Waals surface area contributed by atoms with Gasteiger partial charge in [-0.3, -0.25) is 0 Å². The minimum atomic E-state index is -0.723. The molecule has 0 fully saturated rings. The van der Waals surface area contributed by atoms with Crippen molar-refractivity contribution in [2.75, 3.05) is 16.9 Å². The van der Waals surface area contributed by atoms with Gasteiger partial charge in [-0.1, -0.05) is 107 Å². The predicted octanol–water partition coefficient (Wildman–Crippen LogP) is 8.34. The molecule has 0 aliphatic carbocycles. The molecule has 0 spiro atoms. The predicted molar refractivity (Wildman–Crippen MR) is 153 cm³/mol. The topological polar surface area (TPSA) is 65.4 Å². The van der Waals surface area contributed by atoms with Crippen LogP contribution in [0.5, 0.6) is 0 Å². The van der Waals surface area contributed by atoms with E-state index in [1.54, 1.807) is 18.2 Å². The zero-order valence-corrected chi connectivity index (χ0v) is 22.0. The van der Waals surface area contributed by atoms with Crippen LogP contribution in [0.15, 0.2) is 84.6 Å². The van der Waals surface area contributed by atoms with Crippen molar-refractivity contribution in [2.45, 2.75) is 71.1 Å². The van der Waals surface area contributed by atoms with Crippen LogP contribution in [0.4, 0.5) is 11.4 Å². The van der Waals surface area contributed by atoms with Crippen molar-refractivity contribution in [3.05, 3.63) is 90.2 Å². The van der Waals surface area contributed by atoms with Crippen LogP contribution in [0, 0.1) is 11.3 Å². The lowest BCUT2D eigenvalue weighted by Gasteiger charge is -2.27. The molecular weight excluding hydrogens is 458 g/mol. The van der Waals surface area contributed by atoms with Crippen LogP contribution < -0.4 is 10.4 Å². The molecule has 1 aliphatic rings. The second-order valence-electron chi connectivity index (χ2n) is 9.38. The Hall–Kier alpha value is -3.78. The van der Waals surface area contributed by atoms with E-state index < -0.39 is 5.97 Å². The van der Waals surface area contributed by atoms with Gasteiger partial charge < -0.3 is 9.74 Å². The molecule has 0 radical (unpaired) electrons. The van der Waals surface area contributed by atoms with Crippen molar-refractivity contribution < 1.29 is 9.63 Å². The van der Waals surface area contributed by atoms with Crippen molar-refractivity contribution in [3.63, 3.8) is 0 Å². The van der Waals surface area contributed by atoms with Crippen LogP contribution >= 0.6 is 0 Å². The summed E-state index contributed by atoms with van der Waals surface area (Å²) in [4.78, 5) is 19.7. The highest BCUT2D eigenvalue weighted by Crippen LogP contribution is 2.33. The first-order chi connectivity index (χ1) is 18.2. The first kappa shape index (κ1) is 27.8. The average molecular weight is 498 g/mol. The van der Waals surface area contributed by atoms with Crippen LogP contribution in [-0.4, -0.2) is 12.5 Å². The second-order valence-corrected chi connectivity index (χ2v) is 9.38. The Morgan fingerprint density at radius 1 is 0.919 bits per heavy atom. The van der Waals surface area contributed by atoms with Gasteiger partial charge in [0.2, 0.25) is 0 Å². The molecule has 1 heterocycles. The smallest absolute Gasteiger partial charge is 0.347 e. The third kappa shape index (κ3) is 9.31. The largest absolute Gasteiger partial charge is 0.373 e. The normalized spacial score (nSPS) is 13.8. The number of carbonyl (C=O) groups is 1. The quantitative estimate of drug-likeness (QED) is 0.116. The molecule has 0 aromatic heterocycles. The van der Waals surface area contributed by atoms with Gasteiger partial charge in [0.15, 0.2) is 0 Å². The summed E-state index contributed by atoms with van der Waals surface area (Å²) >= 11 is 0. The van der Waals surface area contributed by atoms with Crippen LogP contribution in [0.1, 0.15) is 76.7 Å². The standard InChI is InChI=1S/C32H39N3O2/c1-2-3-4-5-6-7-8-9-10-16-24-35-25-23-27(30-19-14-15-20-31(30)35)21-22-28(26-33)32(36)37-34-29-17-12-11-13-18-29/h11-15,17-23,25,34H,2-10,16,24H2,1H3. The highest BCUT2D eigenvalue weighted by Gasteiger charge is 2.16. The number of carbonyl (C=O) groups excluding carboxylic acids is 1. The van der Waals surface area contributed by atoms with Crippen LogP contribution in [-0.2, 0) is 9.63 Å². The SMILES string of the molecule is CCCCCCCCCCCCN1C=CC(=CC=C(C#N)C(=O)ONc2ccccc2)c2ccccc21. The number of para-hydroxylation sites is 2. The van der Waals surface area contributed by atoms with Crippen LogP contribution in [0.2, 0.25) is 0 Å². The van der Waals surface area contributed by atoms with Gasteiger partial charge in [-0.2, -0.15) is 5.26 Å². The zero-order valence-electron chi connectivity index (χ0n) is 22.0. The first-order valence-corrected chi connectivity index (χ1v) is 13.6. The lowest BCUT2D eigenvalue weighted by atomic mass is 9.98. The number of benzene rings is 2. The lowest BCUT2D eigenvalue weighted by Crippen LogP contribution is -2.21.